The summed E-state index contributed by atoms with van der Waals surface area (Å²) in [6.07, 6.45) is 1.89. The van der Waals surface area contributed by atoms with Crippen LogP contribution in [0.3, 0.4) is 0 Å². The van der Waals surface area contributed by atoms with Crippen LogP contribution in [0.2, 0.25) is 0 Å². The average molecular weight is 770 g/mol. The number of nitrogens with zero attached hydrogens (tertiary/aromatic N) is 1. The van der Waals surface area contributed by atoms with Gasteiger partial charge >= 0.3 is 0 Å². The summed E-state index contributed by atoms with van der Waals surface area (Å²) in [6, 6.07) is 76.3. The van der Waals surface area contributed by atoms with Crippen LogP contribution in [0.25, 0.3) is 66.5 Å². The number of hydrogen-bond donors (Lipinski definition) is 0. The Morgan fingerprint density at radius 2 is 0.820 bits per heavy atom. The normalized spacial score (nSPS) is 16.3. The zero-order valence-electron chi connectivity index (χ0n) is 33.2. The Balaban J connectivity index is 1.05. The maximum atomic E-state index is 4.79. The Hall–Kier alpha value is -7.61. The van der Waals surface area contributed by atoms with Gasteiger partial charge in [-0.2, -0.15) is 0 Å². The number of hydrogen-bond acceptors (Lipinski definition) is 1. The Kier molecular flexibility index (Phi) is 5.90. The lowest BCUT2D eigenvalue weighted by Gasteiger charge is -2.49. The highest BCUT2D eigenvalue weighted by atomic mass is 14.7. The van der Waals surface area contributed by atoms with Gasteiger partial charge in [0, 0.05) is 23.1 Å². The summed E-state index contributed by atoms with van der Waals surface area (Å²) >= 11 is 0. The maximum absolute atomic E-state index is 4.79. The lowest BCUT2D eigenvalue weighted by Crippen LogP contribution is -2.44. The van der Waals surface area contributed by atoms with E-state index >= 15 is 0 Å². The van der Waals surface area contributed by atoms with Crippen LogP contribution in [-0.4, -0.2) is 4.98 Å². The molecule has 61 heavy (non-hydrogen) atoms. The van der Waals surface area contributed by atoms with Gasteiger partial charge in [-0.1, -0.05) is 194 Å². The van der Waals surface area contributed by atoms with Crippen molar-refractivity contribution in [2.45, 2.75) is 16.7 Å². The fourth-order valence-electron chi connectivity index (χ4n) is 13.0. The Morgan fingerprint density at radius 1 is 0.328 bits per heavy atom. The molecule has 10 aromatic rings. The molecule has 280 valence electrons. The fourth-order valence-corrected chi connectivity index (χ4v) is 13.0. The summed E-state index contributed by atoms with van der Waals surface area (Å²) in [6.45, 7) is 0. The van der Waals surface area contributed by atoms with Crippen molar-refractivity contribution in [2.24, 2.45) is 0 Å². The van der Waals surface area contributed by atoms with Crippen LogP contribution in [0.4, 0.5) is 0 Å². The molecule has 15 rings (SSSR count). The first-order valence-corrected chi connectivity index (χ1v) is 21.6. The first-order valence-electron chi connectivity index (χ1n) is 21.6. The molecule has 1 nitrogen and oxygen atoms in total. The number of rotatable bonds is 2. The minimum absolute atomic E-state index is 0.335. The molecule has 0 N–H and O–H groups in total. The van der Waals surface area contributed by atoms with E-state index in [0.717, 1.165) is 16.5 Å². The second kappa shape index (κ2) is 11.2. The van der Waals surface area contributed by atoms with Crippen LogP contribution in [0.15, 0.2) is 206 Å². The zero-order valence-corrected chi connectivity index (χ0v) is 33.2. The second-order valence-electron chi connectivity index (χ2n) is 17.6. The summed E-state index contributed by atoms with van der Waals surface area (Å²) in [7, 11) is 0. The number of para-hydroxylation sites is 1. The van der Waals surface area contributed by atoms with Crippen LogP contribution in [0, 0.1) is 0 Å². The third kappa shape index (κ3) is 3.67. The van der Waals surface area contributed by atoms with E-state index in [2.05, 4.69) is 194 Å². The first-order chi connectivity index (χ1) is 30.3. The van der Waals surface area contributed by atoms with E-state index in [1.807, 2.05) is 12.3 Å². The molecule has 0 amide bonds. The quantitative estimate of drug-likeness (QED) is 0.171. The van der Waals surface area contributed by atoms with Gasteiger partial charge in [-0.25, -0.2) is 0 Å². The van der Waals surface area contributed by atoms with Crippen molar-refractivity contribution >= 4 is 10.9 Å². The van der Waals surface area contributed by atoms with Crippen LogP contribution in [-0.2, 0) is 10.8 Å². The van der Waals surface area contributed by atoms with Gasteiger partial charge in [0.1, 0.15) is 0 Å². The minimum Gasteiger partial charge on any atom is -0.256 e. The van der Waals surface area contributed by atoms with Gasteiger partial charge < -0.3 is 0 Å². The van der Waals surface area contributed by atoms with Crippen molar-refractivity contribution < 1.29 is 0 Å². The monoisotopic (exact) mass is 769 g/mol. The Bertz CT molecular complexity index is 3510. The molecular formula is C60H35N. The smallest absolute Gasteiger partial charge is 0.0780 e. The zero-order chi connectivity index (χ0) is 39.6. The van der Waals surface area contributed by atoms with Gasteiger partial charge in [-0.05, 0) is 117 Å². The molecule has 0 radical (unpaired) electrons. The molecule has 0 fully saturated rings. The molecule has 1 aromatic heterocycles. The van der Waals surface area contributed by atoms with Crippen LogP contribution >= 0.6 is 0 Å². The largest absolute Gasteiger partial charge is 0.256 e. The van der Waals surface area contributed by atoms with Crippen LogP contribution in [0.1, 0.15) is 67.1 Å². The van der Waals surface area contributed by atoms with Gasteiger partial charge in [0.2, 0.25) is 0 Å². The standard InChI is InChI=1S/C60H35N/c1-3-21-46-40(15-1)41-16-2-4-22-47(41)59(46)48-23-5-7-25-50(48)60(51-26-8-6-24-49(51)59)52-27-11-17-38(35-28-30-36(31-29-35)39-18-9-13-37-14-12-34-61-58(37)39)53(52)45-33-32-43-42-19-10-20-44-54(42)55(44)56(43)57(45)60/h1-34,55H. The molecule has 1 unspecified atom stereocenters. The average Bonchev–Trinajstić information content (AvgIpc) is 3.70. The molecule has 0 saturated heterocycles. The minimum atomic E-state index is -0.553. The fraction of sp³-hybridized carbons (Fsp3) is 0.0500. The van der Waals surface area contributed by atoms with Crippen molar-refractivity contribution in [3.8, 4) is 55.6 Å². The molecule has 1 heterocycles. The molecule has 2 spiro atoms. The van der Waals surface area contributed by atoms with Crippen LogP contribution < -0.4 is 0 Å². The highest BCUT2D eigenvalue weighted by Crippen LogP contribution is 2.72. The molecule has 5 aliphatic rings. The molecular weight excluding hydrogens is 735 g/mol. The van der Waals surface area contributed by atoms with Gasteiger partial charge in [0.25, 0.3) is 0 Å². The number of benzene rings is 9. The van der Waals surface area contributed by atoms with Gasteiger partial charge in [-0.15, -0.1) is 0 Å². The SMILES string of the molecule is c1ccc2c(c1)-c1ccccc1C21c2ccccc2C2(c3ccccc31)c1cccc(-c3ccc(-c4cccc5cccnc45)cc3)c1-c1ccc3c(c12)C1c2cccc-3c21. The van der Waals surface area contributed by atoms with Crippen molar-refractivity contribution in [3.63, 3.8) is 0 Å². The lowest BCUT2D eigenvalue weighted by atomic mass is 9.52. The maximum Gasteiger partial charge on any atom is 0.0780 e. The summed E-state index contributed by atoms with van der Waals surface area (Å²) in [5, 5.41) is 1.16. The van der Waals surface area contributed by atoms with Gasteiger partial charge in [-0.3, -0.25) is 4.98 Å². The first kappa shape index (κ1) is 32.3. The van der Waals surface area contributed by atoms with Crippen molar-refractivity contribution in [1.82, 2.24) is 4.98 Å². The number of aromatic nitrogens is 1. The predicted octanol–water partition coefficient (Wildman–Crippen LogP) is 14.1. The van der Waals surface area contributed by atoms with Crippen molar-refractivity contribution in [3.05, 3.63) is 268 Å². The molecule has 0 bridgehead atoms. The van der Waals surface area contributed by atoms with Gasteiger partial charge in [0.15, 0.2) is 0 Å². The predicted molar refractivity (Wildman–Crippen MR) is 247 cm³/mol. The Labute approximate surface area is 354 Å². The van der Waals surface area contributed by atoms with E-state index in [0.29, 0.717) is 5.92 Å². The molecule has 9 aromatic carbocycles. The topological polar surface area (TPSA) is 12.9 Å². The van der Waals surface area contributed by atoms with Crippen molar-refractivity contribution in [1.29, 1.82) is 0 Å². The van der Waals surface area contributed by atoms with E-state index in [1.165, 1.54) is 111 Å². The summed E-state index contributed by atoms with van der Waals surface area (Å²) in [5.41, 5.74) is 28.7. The molecule has 5 aliphatic carbocycles. The van der Waals surface area contributed by atoms with E-state index in [9.17, 15) is 0 Å². The molecule has 1 heteroatoms. The molecule has 0 saturated carbocycles. The molecule has 1 atom stereocenters. The second-order valence-corrected chi connectivity index (χ2v) is 17.6. The van der Waals surface area contributed by atoms with E-state index in [1.54, 1.807) is 0 Å². The van der Waals surface area contributed by atoms with Gasteiger partial charge in [0.05, 0.1) is 16.3 Å². The summed E-state index contributed by atoms with van der Waals surface area (Å²) < 4.78 is 0. The highest BCUT2D eigenvalue weighted by Gasteiger charge is 2.61. The third-order valence-electron chi connectivity index (χ3n) is 15.2. The molecule has 0 aliphatic heterocycles. The Morgan fingerprint density at radius 3 is 1.52 bits per heavy atom. The summed E-state index contributed by atoms with van der Waals surface area (Å²) in [4.78, 5) is 4.79. The van der Waals surface area contributed by atoms with E-state index in [-0.39, 0.29) is 0 Å². The van der Waals surface area contributed by atoms with E-state index in [4.69, 9.17) is 4.98 Å². The number of pyridine rings is 1. The highest BCUT2D eigenvalue weighted by molar-refractivity contribution is 6.03. The summed E-state index contributed by atoms with van der Waals surface area (Å²) in [5.74, 6) is 0.335. The lowest BCUT2D eigenvalue weighted by molar-refractivity contribution is 0.630. The van der Waals surface area contributed by atoms with E-state index < -0.39 is 10.8 Å². The van der Waals surface area contributed by atoms with Crippen molar-refractivity contribution in [2.75, 3.05) is 0 Å². The third-order valence-corrected chi connectivity index (χ3v) is 15.2. The number of fused-ring (bicyclic) bond motifs is 22. The van der Waals surface area contributed by atoms with Crippen LogP contribution in [0.5, 0.6) is 0 Å².